The number of aryl methyl sites for hydroxylation is 1. The molecule has 0 aromatic heterocycles. The van der Waals surface area contributed by atoms with E-state index >= 15 is 0 Å². The average Bonchev–Trinajstić information content (AvgIpc) is 2.23. The molecule has 1 N–H and O–H groups in total. The van der Waals surface area contributed by atoms with Gasteiger partial charge in [0.05, 0.1) is 17.6 Å². The average molecular weight is 230 g/mol. The second-order valence-electron chi connectivity index (χ2n) is 4.48. The zero-order chi connectivity index (χ0) is 12.4. The van der Waals surface area contributed by atoms with E-state index in [1.54, 1.807) is 6.07 Å². The second kappa shape index (κ2) is 4.56. The summed E-state index contributed by atoms with van der Waals surface area (Å²) < 4.78 is 0. The van der Waals surface area contributed by atoms with Gasteiger partial charge < -0.3 is 5.11 Å². The van der Waals surface area contributed by atoms with Crippen molar-refractivity contribution in [2.75, 3.05) is 13.1 Å². The van der Waals surface area contributed by atoms with Crippen molar-refractivity contribution in [2.24, 2.45) is 5.92 Å². The third-order valence-corrected chi connectivity index (χ3v) is 3.17. The molecule has 0 unspecified atom stereocenters. The molecule has 0 atom stereocenters. The Bertz CT molecular complexity index is 485. The molecular weight excluding hydrogens is 216 g/mol. The van der Waals surface area contributed by atoms with Crippen LogP contribution in [0, 0.1) is 24.2 Å². The lowest BCUT2D eigenvalue weighted by atomic mass is 9.98. The molecule has 2 rings (SSSR count). The molecule has 0 radical (unpaired) electrons. The van der Waals surface area contributed by atoms with Crippen LogP contribution in [0.15, 0.2) is 18.2 Å². The Morgan fingerprint density at radius 2 is 2.29 bits per heavy atom. The largest absolute Gasteiger partial charge is 0.481 e. The number of nitriles is 1. The number of aliphatic carboxylic acids is 1. The summed E-state index contributed by atoms with van der Waals surface area (Å²) in [7, 11) is 0. The molecule has 0 aliphatic carbocycles. The minimum Gasteiger partial charge on any atom is -0.481 e. The summed E-state index contributed by atoms with van der Waals surface area (Å²) in [6.45, 7) is 3.98. The van der Waals surface area contributed by atoms with Crippen LogP contribution < -0.4 is 0 Å². The minimum atomic E-state index is -0.710. The molecular formula is C13H14N2O2. The number of hydrogen-bond acceptors (Lipinski definition) is 3. The number of hydrogen-bond donors (Lipinski definition) is 1. The molecule has 0 saturated carbocycles. The lowest BCUT2D eigenvalue weighted by Gasteiger charge is -2.36. The summed E-state index contributed by atoms with van der Waals surface area (Å²) in [5.74, 6) is -0.925. The Balaban J connectivity index is 1.97. The Hall–Kier alpha value is -1.86. The number of carboxylic acids is 1. The lowest BCUT2D eigenvalue weighted by Crippen LogP contribution is -2.49. The maximum Gasteiger partial charge on any atom is 0.309 e. The Morgan fingerprint density at radius 3 is 2.82 bits per heavy atom. The fourth-order valence-corrected chi connectivity index (χ4v) is 2.04. The van der Waals surface area contributed by atoms with Gasteiger partial charge in [-0.2, -0.15) is 5.26 Å². The Labute approximate surface area is 100 Å². The molecule has 4 nitrogen and oxygen atoms in total. The third-order valence-electron chi connectivity index (χ3n) is 3.17. The summed E-state index contributed by atoms with van der Waals surface area (Å²) in [6.07, 6.45) is 0. The molecule has 1 heterocycles. The van der Waals surface area contributed by atoms with Crippen molar-refractivity contribution in [3.05, 3.63) is 34.9 Å². The molecule has 0 spiro atoms. The number of nitrogens with zero attached hydrogens (tertiary/aromatic N) is 2. The summed E-state index contributed by atoms with van der Waals surface area (Å²) in [6, 6.07) is 7.72. The van der Waals surface area contributed by atoms with Gasteiger partial charge in [-0.3, -0.25) is 9.69 Å². The van der Waals surface area contributed by atoms with E-state index in [2.05, 4.69) is 11.0 Å². The van der Waals surface area contributed by atoms with Crippen molar-refractivity contribution in [2.45, 2.75) is 13.5 Å². The van der Waals surface area contributed by atoms with E-state index in [-0.39, 0.29) is 5.92 Å². The minimum absolute atomic E-state index is 0.214. The fraction of sp³-hybridized carbons (Fsp3) is 0.385. The van der Waals surface area contributed by atoms with Crippen LogP contribution in [0.2, 0.25) is 0 Å². The van der Waals surface area contributed by atoms with Crippen molar-refractivity contribution in [3.8, 4) is 6.07 Å². The molecule has 0 bridgehead atoms. The summed E-state index contributed by atoms with van der Waals surface area (Å²) in [5, 5.41) is 17.5. The highest BCUT2D eigenvalue weighted by molar-refractivity contribution is 5.71. The second-order valence-corrected chi connectivity index (χ2v) is 4.48. The van der Waals surface area contributed by atoms with Gasteiger partial charge in [-0.25, -0.2) is 0 Å². The normalized spacial score (nSPS) is 16.2. The van der Waals surface area contributed by atoms with Gasteiger partial charge >= 0.3 is 5.97 Å². The number of likely N-dealkylation sites (tertiary alicyclic amines) is 1. The smallest absolute Gasteiger partial charge is 0.309 e. The van der Waals surface area contributed by atoms with Gasteiger partial charge in [0.25, 0.3) is 0 Å². The Morgan fingerprint density at radius 1 is 1.59 bits per heavy atom. The summed E-state index contributed by atoms with van der Waals surface area (Å²) >= 11 is 0. The molecule has 1 fully saturated rings. The van der Waals surface area contributed by atoms with Gasteiger partial charge in [0, 0.05) is 19.6 Å². The van der Waals surface area contributed by atoms with E-state index in [0.717, 1.165) is 17.7 Å². The molecule has 1 aromatic rings. The van der Waals surface area contributed by atoms with E-state index in [1.807, 2.05) is 19.1 Å². The zero-order valence-electron chi connectivity index (χ0n) is 9.68. The van der Waals surface area contributed by atoms with Gasteiger partial charge in [0.2, 0.25) is 0 Å². The van der Waals surface area contributed by atoms with Crippen LogP contribution in [0.3, 0.4) is 0 Å². The van der Waals surface area contributed by atoms with Crippen LogP contribution in [0.5, 0.6) is 0 Å². The SMILES string of the molecule is Cc1cc(C#N)ccc1CN1CC(C(=O)O)C1. The fourth-order valence-electron chi connectivity index (χ4n) is 2.04. The van der Waals surface area contributed by atoms with Crippen LogP contribution in [0.4, 0.5) is 0 Å². The van der Waals surface area contributed by atoms with Crippen LogP contribution in [-0.4, -0.2) is 29.1 Å². The molecule has 17 heavy (non-hydrogen) atoms. The molecule has 1 aliphatic rings. The maximum atomic E-state index is 10.7. The van der Waals surface area contributed by atoms with Crippen molar-refractivity contribution in [3.63, 3.8) is 0 Å². The van der Waals surface area contributed by atoms with E-state index in [1.165, 1.54) is 0 Å². The number of rotatable bonds is 3. The van der Waals surface area contributed by atoms with Crippen molar-refractivity contribution >= 4 is 5.97 Å². The molecule has 88 valence electrons. The zero-order valence-corrected chi connectivity index (χ0v) is 9.68. The predicted octanol–water partition coefficient (Wildman–Crippen LogP) is 1.38. The third kappa shape index (κ3) is 2.45. The highest BCUT2D eigenvalue weighted by Gasteiger charge is 2.32. The van der Waals surface area contributed by atoms with Gasteiger partial charge in [-0.05, 0) is 30.2 Å². The Kier molecular flexibility index (Phi) is 3.12. The molecule has 1 saturated heterocycles. The van der Waals surface area contributed by atoms with Gasteiger partial charge in [0.15, 0.2) is 0 Å². The van der Waals surface area contributed by atoms with Crippen LogP contribution >= 0.6 is 0 Å². The van der Waals surface area contributed by atoms with E-state index in [9.17, 15) is 4.79 Å². The van der Waals surface area contributed by atoms with E-state index in [0.29, 0.717) is 18.7 Å². The standard InChI is InChI=1S/C13H14N2O2/c1-9-4-10(5-14)2-3-11(9)6-15-7-12(8-15)13(16)17/h2-4,12H,6-8H2,1H3,(H,16,17). The highest BCUT2D eigenvalue weighted by Crippen LogP contribution is 2.20. The van der Waals surface area contributed by atoms with Gasteiger partial charge in [-0.1, -0.05) is 6.07 Å². The van der Waals surface area contributed by atoms with Crippen LogP contribution in [0.25, 0.3) is 0 Å². The summed E-state index contributed by atoms with van der Waals surface area (Å²) in [4.78, 5) is 12.8. The first-order valence-electron chi connectivity index (χ1n) is 5.55. The number of carboxylic acid groups (broad SMARTS) is 1. The molecule has 1 aromatic carbocycles. The maximum absolute atomic E-state index is 10.7. The predicted molar refractivity (Wildman–Crippen MR) is 62.3 cm³/mol. The van der Waals surface area contributed by atoms with Gasteiger partial charge in [-0.15, -0.1) is 0 Å². The van der Waals surface area contributed by atoms with Crippen LogP contribution in [0.1, 0.15) is 16.7 Å². The topological polar surface area (TPSA) is 64.3 Å². The quantitative estimate of drug-likeness (QED) is 0.852. The van der Waals surface area contributed by atoms with E-state index in [4.69, 9.17) is 10.4 Å². The first-order valence-corrected chi connectivity index (χ1v) is 5.55. The van der Waals surface area contributed by atoms with Crippen molar-refractivity contribution in [1.29, 1.82) is 5.26 Å². The number of benzene rings is 1. The van der Waals surface area contributed by atoms with E-state index < -0.39 is 5.97 Å². The lowest BCUT2D eigenvalue weighted by molar-refractivity contribution is -0.147. The van der Waals surface area contributed by atoms with Crippen molar-refractivity contribution < 1.29 is 9.90 Å². The monoisotopic (exact) mass is 230 g/mol. The van der Waals surface area contributed by atoms with Gasteiger partial charge in [0.1, 0.15) is 0 Å². The molecule has 4 heteroatoms. The van der Waals surface area contributed by atoms with Crippen molar-refractivity contribution in [1.82, 2.24) is 4.90 Å². The summed E-state index contributed by atoms with van der Waals surface area (Å²) in [5.41, 5.74) is 2.91. The first-order chi connectivity index (χ1) is 8.10. The first kappa shape index (κ1) is 11.6. The highest BCUT2D eigenvalue weighted by atomic mass is 16.4. The van der Waals surface area contributed by atoms with Crippen LogP contribution in [-0.2, 0) is 11.3 Å². The molecule has 0 amide bonds. The number of carbonyl (C=O) groups is 1. The molecule has 1 aliphatic heterocycles.